The molecule has 0 saturated heterocycles. The van der Waals surface area contributed by atoms with Gasteiger partial charge in [0.15, 0.2) is 6.10 Å². The number of aliphatic carboxylic acids is 1. The summed E-state index contributed by atoms with van der Waals surface area (Å²) in [6.07, 6.45) is -1.53. The van der Waals surface area contributed by atoms with Crippen LogP contribution in [-0.2, 0) is 16.0 Å². The average Bonchev–Trinajstić information content (AvgIpc) is 2.33. The number of carbonyl (C=O) groups excluding carboxylic acids is 1. The van der Waals surface area contributed by atoms with Crippen molar-refractivity contribution >= 4 is 11.9 Å². The molecule has 1 aromatic rings. The van der Waals surface area contributed by atoms with Gasteiger partial charge in [-0.1, -0.05) is 0 Å². The molecule has 4 N–H and O–H groups in total. The van der Waals surface area contributed by atoms with Crippen molar-refractivity contribution < 1.29 is 19.8 Å². The van der Waals surface area contributed by atoms with Gasteiger partial charge in [-0.25, -0.2) is 9.59 Å². The molecular weight excluding hydrogens is 266 g/mol. The minimum absolute atomic E-state index is 0.0324. The zero-order chi connectivity index (χ0) is 15.3. The zero-order valence-corrected chi connectivity index (χ0v) is 11.3. The first-order valence-corrected chi connectivity index (χ1v) is 6.05. The van der Waals surface area contributed by atoms with Gasteiger partial charge in [0.05, 0.1) is 6.42 Å². The Morgan fingerprint density at radius 1 is 1.40 bits per heavy atom. The van der Waals surface area contributed by atoms with Gasteiger partial charge in [-0.15, -0.1) is 0 Å². The number of hydrogen-bond donors (Lipinski definition) is 4. The van der Waals surface area contributed by atoms with Gasteiger partial charge >= 0.3 is 11.7 Å². The number of H-pyrrole nitrogens is 1. The highest BCUT2D eigenvalue weighted by atomic mass is 16.4. The van der Waals surface area contributed by atoms with E-state index in [1.54, 1.807) is 13.8 Å². The zero-order valence-electron chi connectivity index (χ0n) is 11.3. The third kappa shape index (κ3) is 4.47. The fourth-order valence-corrected chi connectivity index (χ4v) is 1.71. The van der Waals surface area contributed by atoms with Crippen LogP contribution in [0.4, 0.5) is 0 Å². The molecular formula is C12H17N3O5. The molecule has 1 rings (SSSR count). The summed E-state index contributed by atoms with van der Waals surface area (Å²) in [4.78, 5) is 39.4. The maximum Gasteiger partial charge on any atom is 0.345 e. The number of hydrogen-bond acceptors (Lipinski definition) is 5. The van der Waals surface area contributed by atoms with Crippen molar-refractivity contribution in [1.29, 1.82) is 0 Å². The third-order valence-electron chi connectivity index (χ3n) is 2.82. The number of carbonyl (C=O) groups is 2. The van der Waals surface area contributed by atoms with E-state index in [4.69, 9.17) is 10.2 Å². The van der Waals surface area contributed by atoms with E-state index in [0.717, 1.165) is 0 Å². The predicted octanol–water partition coefficient (Wildman–Crippen LogP) is -1.12. The molecule has 20 heavy (non-hydrogen) atoms. The van der Waals surface area contributed by atoms with Crippen LogP contribution in [0.3, 0.4) is 0 Å². The topological polar surface area (TPSA) is 132 Å². The molecule has 0 radical (unpaired) electrons. The number of aromatic nitrogens is 2. The van der Waals surface area contributed by atoms with Crippen molar-refractivity contribution in [1.82, 2.24) is 15.3 Å². The number of rotatable bonds is 6. The molecule has 0 unspecified atom stereocenters. The van der Waals surface area contributed by atoms with Crippen LogP contribution in [0.25, 0.3) is 0 Å². The average molecular weight is 283 g/mol. The van der Waals surface area contributed by atoms with Crippen LogP contribution < -0.4 is 11.0 Å². The van der Waals surface area contributed by atoms with Crippen molar-refractivity contribution in [3.63, 3.8) is 0 Å². The number of aliphatic hydroxyl groups excluding tert-OH is 1. The summed E-state index contributed by atoms with van der Waals surface area (Å²) in [5.74, 6) is -1.65. The van der Waals surface area contributed by atoms with E-state index in [9.17, 15) is 14.4 Å². The Bertz CT molecular complexity index is 540. The lowest BCUT2D eigenvalue weighted by atomic mass is 10.1. The number of nitrogens with one attached hydrogen (secondary N) is 2. The molecule has 0 spiro atoms. The van der Waals surface area contributed by atoms with Crippen molar-refractivity contribution in [3.8, 4) is 0 Å². The quantitative estimate of drug-likeness (QED) is 0.523. The first kappa shape index (κ1) is 15.8. The maximum absolute atomic E-state index is 11.7. The van der Waals surface area contributed by atoms with Crippen LogP contribution in [0.15, 0.2) is 4.79 Å². The van der Waals surface area contributed by atoms with Crippen LogP contribution in [0.2, 0.25) is 0 Å². The Balaban J connectivity index is 2.55. The van der Waals surface area contributed by atoms with Gasteiger partial charge in [0.1, 0.15) is 0 Å². The molecule has 0 aliphatic carbocycles. The summed E-state index contributed by atoms with van der Waals surface area (Å²) in [7, 11) is 0. The van der Waals surface area contributed by atoms with Crippen molar-refractivity contribution in [2.75, 3.05) is 6.54 Å². The molecule has 110 valence electrons. The fourth-order valence-electron chi connectivity index (χ4n) is 1.71. The van der Waals surface area contributed by atoms with Crippen LogP contribution in [0.1, 0.15) is 23.4 Å². The molecule has 0 bridgehead atoms. The molecule has 1 aromatic heterocycles. The van der Waals surface area contributed by atoms with Gasteiger partial charge in [-0.3, -0.25) is 4.79 Å². The Kier molecular flexibility index (Phi) is 5.39. The summed E-state index contributed by atoms with van der Waals surface area (Å²) < 4.78 is 0. The van der Waals surface area contributed by atoms with Crippen molar-refractivity contribution in [3.05, 3.63) is 27.4 Å². The van der Waals surface area contributed by atoms with Crippen LogP contribution >= 0.6 is 0 Å². The highest BCUT2D eigenvalue weighted by Crippen LogP contribution is 2.07. The number of aromatic amines is 1. The molecule has 1 heterocycles. The normalized spacial score (nSPS) is 11.9. The molecule has 1 amide bonds. The molecule has 0 aliphatic rings. The Hall–Kier alpha value is -2.22. The van der Waals surface area contributed by atoms with Crippen molar-refractivity contribution in [2.24, 2.45) is 0 Å². The maximum atomic E-state index is 11.7. The molecule has 0 aliphatic heterocycles. The SMILES string of the molecule is Cc1nc(=O)[nH]c(C)c1CC(=O)NCC[C@H](O)C(=O)O. The van der Waals surface area contributed by atoms with E-state index in [0.29, 0.717) is 17.0 Å². The molecule has 8 heteroatoms. The summed E-state index contributed by atoms with van der Waals surface area (Å²) in [5.41, 5.74) is 1.21. The van der Waals surface area contributed by atoms with E-state index in [-0.39, 0.29) is 25.3 Å². The summed E-state index contributed by atoms with van der Waals surface area (Å²) in [6, 6.07) is 0. The third-order valence-corrected chi connectivity index (χ3v) is 2.82. The standard InChI is InChI=1S/C12H17N3O5/c1-6-8(7(2)15-12(20)14-6)5-10(17)13-4-3-9(16)11(18)19/h9,16H,3-5H2,1-2H3,(H,13,17)(H,18,19)(H,14,15,20)/t9-/m0/s1. The monoisotopic (exact) mass is 283 g/mol. The minimum Gasteiger partial charge on any atom is -0.479 e. The van der Waals surface area contributed by atoms with Gasteiger partial charge in [-0.05, 0) is 13.8 Å². The summed E-state index contributed by atoms with van der Waals surface area (Å²) >= 11 is 0. The van der Waals surface area contributed by atoms with Gasteiger partial charge in [0.25, 0.3) is 0 Å². The van der Waals surface area contributed by atoms with E-state index >= 15 is 0 Å². The Morgan fingerprint density at radius 3 is 2.60 bits per heavy atom. The van der Waals surface area contributed by atoms with E-state index in [2.05, 4.69) is 15.3 Å². The molecule has 1 atom stereocenters. The molecule has 0 aromatic carbocycles. The Labute approximate surface area is 114 Å². The number of aryl methyl sites for hydroxylation is 2. The number of nitrogens with zero attached hydrogens (tertiary/aromatic N) is 1. The lowest BCUT2D eigenvalue weighted by Crippen LogP contribution is -2.31. The summed E-state index contributed by atoms with van der Waals surface area (Å²) in [6.45, 7) is 3.37. The largest absolute Gasteiger partial charge is 0.479 e. The second-order valence-corrected chi connectivity index (χ2v) is 4.40. The lowest BCUT2D eigenvalue weighted by molar-refractivity contribution is -0.147. The van der Waals surface area contributed by atoms with Gasteiger partial charge in [0, 0.05) is 29.9 Å². The molecule has 0 fully saturated rings. The smallest absolute Gasteiger partial charge is 0.345 e. The Morgan fingerprint density at radius 2 is 2.05 bits per heavy atom. The number of amides is 1. The second-order valence-electron chi connectivity index (χ2n) is 4.40. The molecule has 0 saturated carbocycles. The second kappa shape index (κ2) is 6.80. The lowest BCUT2D eigenvalue weighted by Gasteiger charge is -2.10. The fraction of sp³-hybridized carbons (Fsp3) is 0.500. The first-order valence-electron chi connectivity index (χ1n) is 6.05. The highest BCUT2D eigenvalue weighted by Gasteiger charge is 2.14. The van der Waals surface area contributed by atoms with E-state index < -0.39 is 17.8 Å². The molecule has 8 nitrogen and oxygen atoms in total. The van der Waals surface area contributed by atoms with Gasteiger partial charge < -0.3 is 20.5 Å². The van der Waals surface area contributed by atoms with Crippen LogP contribution in [0.5, 0.6) is 0 Å². The van der Waals surface area contributed by atoms with E-state index in [1.165, 1.54) is 0 Å². The van der Waals surface area contributed by atoms with Crippen LogP contribution in [0, 0.1) is 13.8 Å². The number of aliphatic hydroxyl groups is 1. The van der Waals surface area contributed by atoms with Crippen molar-refractivity contribution in [2.45, 2.75) is 32.8 Å². The van der Waals surface area contributed by atoms with Crippen LogP contribution in [-0.4, -0.2) is 44.7 Å². The number of carboxylic acid groups (broad SMARTS) is 1. The van der Waals surface area contributed by atoms with Gasteiger partial charge in [0.2, 0.25) is 5.91 Å². The van der Waals surface area contributed by atoms with E-state index in [1.807, 2.05) is 0 Å². The minimum atomic E-state index is -1.49. The highest BCUT2D eigenvalue weighted by molar-refractivity contribution is 5.79. The predicted molar refractivity (Wildman–Crippen MR) is 69.3 cm³/mol. The summed E-state index contributed by atoms with van der Waals surface area (Å²) in [5, 5.41) is 20.0. The first-order chi connectivity index (χ1) is 9.31. The van der Waals surface area contributed by atoms with Gasteiger partial charge in [-0.2, -0.15) is 4.98 Å². The number of carboxylic acids is 1.